The summed E-state index contributed by atoms with van der Waals surface area (Å²) in [6.45, 7) is 0. The SMILES string of the molecule is O.O.O=[N+]([O-])[N-]c1nc(Cc2n[nH]c([N-][N+](=O)[O-])n2)n[nH]1.[Co+2].[OH3+].[OH3+].[OH3+].[OH3+]. The van der Waals surface area contributed by atoms with Gasteiger partial charge in [-0.1, -0.05) is 10.9 Å². The van der Waals surface area contributed by atoms with Gasteiger partial charge in [0.15, 0.2) is 0 Å². The third-order valence-corrected chi connectivity index (χ3v) is 1.71. The van der Waals surface area contributed by atoms with Gasteiger partial charge in [0.25, 0.3) is 0 Å². The van der Waals surface area contributed by atoms with Gasteiger partial charge in [-0.25, -0.2) is 30.4 Å². The first-order chi connectivity index (χ1) is 9.02. The molecule has 0 atom stereocenters. The van der Waals surface area contributed by atoms with E-state index >= 15 is 0 Å². The Morgan fingerprint density at radius 1 is 0.808 bits per heavy atom. The summed E-state index contributed by atoms with van der Waals surface area (Å²) in [6.07, 6.45) is 0.00741. The van der Waals surface area contributed by atoms with Gasteiger partial charge in [0.05, 0.1) is 11.6 Å². The summed E-state index contributed by atoms with van der Waals surface area (Å²) in [7, 11) is 0. The minimum absolute atomic E-state index is 0. The van der Waals surface area contributed by atoms with Crippen molar-refractivity contribution in [3.8, 4) is 0 Å². The number of nitro groups is 2. The number of aromatic amines is 2. The molecule has 26 heavy (non-hydrogen) atoms. The van der Waals surface area contributed by atoms with E-state index in [9.17, 15) is 20.2 Å². The van der Waals surface area contributed by atoms with E-state index in [0.717, 1.165) is 0 Å². The van der Waals surface area contributed by atoms with Crippen LogP contribution in [0.1, 0.15) is 11.6 Å². The summed E-state index contributed by atoms with van der Waals surface area (Å²) in [6, 6.07) is 0. The Hall–Kier alpha value is -3.05. The van der Waals surface area contributed by atoms with E-state index in [4.69, 9.17) is 0 Å². The molecule has 0 aliphatic rings. The minimum atomic E-state index is -0.925. The van der Waals surface area contributed by atoms with E-state index in [2.05, 4.69) is 41.2 Å². The molecule has 1 radical (unpaired) electrons. The van der Waals surface area contributed by atoms with Crippen molar-refractivity contribution in [2.24, 2.45) is 0 Å². The van der Waals surface area contributed by atoms with E-state index in [1.165, 1.54) is 0 Å². The Balaban J connectivity index is -0.000000143. The molecular formula is C5H20CoN10O10+4. The number of hydrogen-bond acceptors (Lipinski definition) is 8. The van der Waals surface area contributed by atoms with Crippen molar-refractivity contribution in [2.75, 3.05) is 0 Å². The summed E-state index contributed by atoms with van der Waals surface area (Å²) >= 11 is 0. The fourth-order valence-corrected chi connectivity index (χ4v) is 1.12. The van der Waals surface area contributed by atoms with Gasteiger partial charge in [0.1, 0.15) is 22.0 Å². The van der Waals surface area contributed by atoms with Crippen LogP contribution in [0.25, 0.3) is 10.9 Å². The molecule has 18 N–H and O–H groups in total. The van der Waals surface area contributed by atoms with Crippen molar-refractivity contribution in [3.05, 3.63) is 42.7 Å². The zero-order valence-electron chi connectivity index (χ0n) is 12.6. The number of H-pyrrole nitrogens is 2. The summed E-state index contributed by atoms with van der Waals surface area (Å²) in [5, 5.41) is 30.1. The molecule has 21 heteroatoms. The fourth-order valence-electron chi connectivity index (χ4n) is 1.12. The Bertz CT molecular complexity index is 567. The summed E-state index contributed by atoms with van der Waals surface area (Å²) in [5.74, 6) is -0.254. The van der Waals surface area contributed by atoms with Crippen molar-refractivity contribution in [1.29, 1.82) is 0 Å². The molecule has 0 saturated carbocycles. The summed E-state index contributed by atoms with van der Waals surface area (Å²) < 4.78 is 0. The normalized spacial score (nSPS) is 7.38. The largest absolute Gasteiger partial charge is 2.00 e. The molecule has 2 heterocycles. The first kappa shape index (κ1) is 38.5. The predicted octanol–water partition coefficient (Wildman–Crippen LogP) is -5.43. The van der Waals surface area contributed by atoms with Crippen LogP contribution in [0.5, 0.6) is 0 Å². The van der Waals surface area contributed by atoms with Crippen LogP contribution in [0.2, 0.25) is 0 Å². The van der Waals surface area contributed by atoms with Gasteiger partial charge >= 0.3 is 16.8 Å². The molecule has 0 aliphatic heterocycles. The molecule has 2 rings (SSSR count). The molecule has 0 spiro atoms. The van der Waals surface area contributed by atoms with Gasteiger partial charge in [-0.15, -0.1) is 0 Å². The second-order valence-corrected chi connectivity index (χ2v) is 3.00. The molecule has 2 aromatic heterocycles. The van der Waals surface area contributed by atoms with Gasteiger partial charge in [0.2, 0.25) is 0 Å². The quantitative estimate of drug-likeness (QED) is 0.247. The fraction of sp³-hybridized carbons (Fsp3) is 0.200. The smallest absolute Gasteiger partial charge is 0.457 e. The van der Waals surface area contributed by atoms with E-state index in [1.807, 2.05) is 0 Å². The molecule has 0 fully saturated rings. The molecule has 0 saturated heterocycles. The van der Waals surface area contributed by atoms with E-state index in [-0.39, 0.29) is 79.6 Å². The molecule has 0 unspecified atom stereocenters. The van der Waals surface area contributed by atoms with Crippen LogP contribution >= 0.6 is 0 Å². The standard InChI is InChI=1S/C5H4N10O4.Co.6H2O/c16-14(17)12-4-6-2(8-10-4)1-3-7-5(11-9-3)13-15(18)19;;;;;;;/h1H2,(H2-2,6,7,8,9,10,11,12,13);;6*1H2/q-2;+2;;;;;;/p+4. The number of hydrogen-bond donors (Lipinski definition) is 2. The average Bonchev–Trinajstić information content (AvgIpc) is 2.88. The first-order valence-electron chi connectivity index (χ1n) is 4.57. The van der Waals surface area contributed by atoms with Crippen molar-refractivity contribution >= 4 is 11.9 Å². The monoisotopic (exact) mass is 439 g/mol. The topological polar surface area (TPSA) is 393 Å². The second kappa shape index (κ2) is 16.8. The Kier molecular flexibility index (Phi) is 24.9. The Morgan fingerprint density at radius 3 is 1.38 bits per heavy atom. The maximum absolute atomic E-state index is 10.1. The van der Waals surface area contributed by atoms with Crippen LogP contribution in [0, 0.1) is 20.2 Å². The molecule has 0 amide bonds. The number of aromatic nitrogens is 6. The van der Waals surface area contributed by atoms with E-state index in [0.29, 0.717) is 0 Å². The van der Waals surface area contributed by atoms with Crippen molar-refractivity contribution in [1.82, 2.24) is 30.4 Å². The number of nitrogens with zero attached hydrogens (tertiary/aromatic N) is 8. The maximum Gasteiger partial charge on any atom is 2.00 e. The zero-order valence-corrected chi connectivity index (χ0v) is 13.6. The second-order valence-electron chi connectivity index (χ2n) is 3.00. The zero-order chi connectivity index (χ0) is 13.8. The van der Waals surface area contributed by atoms with Gasteiger partial charge in [-0.2, -0.15) is 0 Å². The Labute approximate surface area is 152 Å². The summed E-state index contributed by atoms with van der Waals surface area (Å²) in [4.78, 5) is 27.5. The molecule has 0 aromatic carbocycles. The minimum Gasteiger partial charge on any atom is -0.457 e. The molecule has 0 bridgehead atoms. The third kappa shape index (κ3) is 11.5. The number of nitrogens with one attached hydrogen (secondary N) is 2. The van der Waals surface area contributed by atoms with E-state index < -0.39 is 10.1 Å². The average molecular weight is 439 g/mol. The molecular weight excluding hydrogens is 419 g/mol. The van der Waals surface area contributed by atoms with Crippen LogP contribution in [0.3, 0.4) is 0 Å². The van der Waals surface area contributed by atoms with Crippen LogP contribution in [-0.4, -0.2) is 51.4 Å². The molecule has 2 aromatic rings. The van der Waals surface area contributed by atoms with E-state index in [1.54, 1.807) is 0 Å². The Morgan fingerprint density at radius 2 is 1.12 bits per heavy atom. The maximum atomic E-state index is 10.1. The van der Waals surface area contributed by atoms with Crippen LogP contribution in [0.15, 0.2) is 0 Å². The predicted molar refractivity (Wildman–Crippen MR) is 82.3 cm³/mol. The summed E-state index contributed by atoms with van der Waals surface area (Å²) in [5.41, 5.74) is 5.81. The third-order valence-electron chi connectivity index (χ3n) is 1.71. The van der Waals surface area contributed by atoms with Crippen LogP contribution in [0.4, 0.5) is 11.9 Å². The van der Waals surface area contributed by atoms with Crippen molar-refractivity contribution < 1.29 is 59.7 Å². The van der Waals surface area contributed by atoms with Crippen LogP contribution < -0.4 is 0 Å². The number of rotatable bonds is 6. The van der Waals surface area contributed by atoms with Crippen molar-refractivity contribution in [3.63, 3.8) is 0 Å². The van der Waals surface area contributed by atoms with Crippen molar-refractivity contribution in [2.45, 2.75) is 6.42 Å². The van der Waals surface area contributed by atoms with Gasteiger partial charge in [-0.3, -0.25) is 0 Å². The molecule has 20 nitrogen and oxygen atoms in total. The van der Waals surface area contributed by atoms with Crippen LogP contribution in [-0.2, 0) is 45.1 Å². The first-order valence-corrected chi connectivity index (χ1v) is 4.57. The van der Waals surface area contributed by atoms with Gasteiger partial charge in [0, 0.05) is 6.42 Å². The van der Waals surface area contributed by atoms with Gasteiger partial charge in [-0.05, 0) is 0 Å². The molecule has 155 valence electrons. The molecule has 0 aliphatic carbocycles. The van der Waals surface area contributed by atoms with Gasteiger partial charge < -0.3 is 53.0 Å².